The fourth-order valence-corrected chi connectivity index (χ4v) is 6.22. The van der Waals surface area contributed by atoms with E-state index < -0.39 is 6.10 Å². The van der Waals surface area contributed by atoms with Gasteiger partial charge in [0.2, 0.25) is 0 Å². The van der Waals surface area contributed by atoms with Crippen LogP contribution in [-0.4, -0.2) is 37.2 Å². The van der Waals surface area contributed by atoms with E-state index in [1.54, 1.807) is 0 Å². The topological polar surface area (TPSA) is 78.9 Å². The first-order chi connectivity index (χ1) is 26.5. The number of carbonyl (C=O) groups is 3. The van der Waals surface area contributed by atoms with Crippen molar-refractivity contribution in [3.8, 4) is 0 Å². The minimum absolute atomic E-state index is 0.0789. The number of unbranched alkanes of at least 4 members (excludes halogenated alkanes) is 24. The highest BCUT2D eigenvalue weighted by Crippen LogP contribution is 2.14. The number of carbonyl (C=O) groups excluding carboxylic acids is 3. The largest absolute Gasteiger partial charge is 0.462 e. The van der Waals surface area contributed by atoms with Gasteiger partial charge in [0.25, 0.3) is 0 Å². The van der Waals surface area contributed by atoms with E-state index in [9.17, 15) is 14.4 Å². The number of allylic oxidation sites excluding steroid dienone is 8. The van der Waals surface area contributed by atoms with Crippen molar-refractivity contribution in [3.63, 3.8) is 0 Å². The number of esters is 3. The Hall–Kier alpha value is -2.63. The smallest absolute Gasteiger partial charge is 0.306 e. The molecule has 0 amide bonds. The first kappa shape index (κ1) is 51.4. The zero-order chi connectivity index (χ0) is 39.4. The summed E-state index contributed by atoms with van der Waals surface area (Å²) in [6.07, 6.45) is 49.5. The van der Waals surface area contributed by atoms with Gasteiger partial charge in [-0.25, -0.2) is 0 Å². The van der Waals surface area contributed by atoms with Crippen LogP contribution < -0.4 is 0 Å². The fraction of sp³-hybridized carbons (Fsp3) is 0.771. The summed E-state index contributed by atoms with van der Waals surface area (Å²) < 4.78 is 16.6. The molecule has 0 rings (SSSR count). The SMILES string of the molecule is CCCCC\C=C/C=C\C=C/C=C\CCCCCCCC(=O)OCC(COC(=O)CCCCCCCCCCC)OC(=O)CCCCCCCCCCC. The normalized spacial score (nSPS) is 12.4. The summed E-state index contributed by atoms with van der Waals surface area (Å²) in [7, 11) is 0. The highest BCUT2D eigenvalue weighted by molar-refractivity contribution is 5.71. The summed E-state index contributed by atoms with van der Waals surface area (Å²) in [6.45, 7) is 6.53. The number of hydrogen-bond acceptors (Lipinski definition) is 6. The molecule has 0 aromatic carbocycles. The summed E-state index contributed by atoms with van der Waals surface area (Å²) >= 11 is 0. The fourth-order valence-electron chi connectivity index (χ4n) is 6.22. The Bertz CT molecular complexity index is 964. The van der Waals surface area contributed by atoms with Crippen molar-refractivity contribution in [2.45, 2.75) is 226 Å². The molecule has 0 saturated carbocycles. The highest BCUT2D eigenvalue weighted by Gasteiger charge is 2.19. The van der Waals surface area contributed by atoms with Gasteiger partial charge >= 0.3 is 17.9 Å². The lowest BCUT2D eigenvalue weighted by atomic mass is 10.1. The molecule has 0 radical (unpaired) electrons. The lowest BCUT2D eigenvalue weighted by Crippen LogP contribution is -2.30. The molecule has 0 aliphatic heterocycles. The molecule has 1 atom stereocenters. The third-order valence-corrected chi connectivity index (χ3v) is 9.68. The van der Waals surface area contributed by atoms with E-state index >= 15 is 0 Å². The van der Waals surface area contributed by atoms with Crippen LogP contribution in [0.4, 0.5) is 0 Å². The van der Waals surface area contributed by atoms with Crippen LogP contribution in [0, 0.1) is 0 Å². The van der Waals surface area contributed by atoms with E-state index in [0.29, 0.717) is 19.3 Å². The van der Waals surface area contributed by atoms with Crippen molar-refractivity contribution >= 4 is 17.9 Å². The van der Waals surface area contributed by atoms with E-state index in [4.69, 9.17) is 14.2 Å². The zero-order valence-corrected chi connectivity index (χ0v) is 35.5. The molecule has 1 unspecified atom stereocenters. The van der Waals surface area contributed by atoms with E-state index in [1.807, 2.05) is 0 Å². The van der Waals surface area contributed by atoms with Crippen LogP contribution in [0.3, 0.4) is 0 Å². The van der Waals surface area contributed by atoms with Gasteiger partial charge in [-0.1, -0.05) is 204 Å². The van der Waals surface area contributed by atoms with Crippen molar-refractivity contribution in [2.24, 2.45) is 0 Å². The van der Waals surface area contributed by atoms with Gasteiger partial charge in [-0.05, 0) is 44.9 Å². The second-order valence-corrected chi connectivity index (χ2v) is 15.1. The average Bonchev–Trinajstić information content (AvgIpc) is 3.17. The maximum absolute atomic E-state index is 12.6. The van der Waals surface area contributed by atoms with Crippen LogP contribution >= 0.6 is 0 Å². The molecule has 0 aromatic heterocycles. The molecule has 54 heavy (non-hydrogen) atoms. The van der Waals surface area contributed by atoms with E-state index in [1.165, 1.54) is 96.3 Å². The minimum Gasteiger partial charge on any atom is -0.462 e. The predicted molar refractivity (Wildman–Crippen MR) is 229 cm³/mol. The maximum atomic E-state index is 12.6. The molecule has 0 bridgehead atoms. The zero-order valence-electron chi connectivity index (χ0n) is 35.5. The second kappa shape index (κ2) is 43.1. The van der Waals surface area contributed by atoms with Crippen molar-refractivity contribution in [1.29, 1.82) is 0 Å². The lowest BCUT2D eigenvalue weighted by Gasteiger charge is -2.18. The van der Waals surface area contributed by atoms with Gasteiger partial charge in [0.1, 0.15) is 13.2 Å². The highest BCUT2D eigenvalue weighted by atomic mass is 16.6. The molecule has 312 valence electrons. The van der Waals surface area contributed by atoms with Crippen LogP contribution in [0.2, 0.25) is 0 Å². The van der Waals surface area contributed by atoms with Crippen LogP contribution in [0.15, 0.2) is 48.6 Å². The van der Waals surface area contributed by atoms with Gasteiger partial charge in [0, 0.05) is 19.3 Å². The molecule has 0 N–H and O–H groups in total. The Labute approximate surface area is 333 Å². The Morgan fingerprint density at radius 2 is 0.667 bits per heavy atom. The quantitative estimate of drug-likeness (QED) is 0.0268. The Morgan fingerprint density at radius 3 is 1.07 bits per heavy atom. The van der Waals surface area contributed by atoms with Crippen LogP contribution in [0.1, 0.15) is 220 Å². The maximum Gasteiger partial charge on any atom is 0.306 e. The van der Waals surface area contributed by atoms with Crippen molar-refractivity contribution in [3.05, 3.63) is 48.6 Å². The molecule has 0 aromatic rings. The Morgan fingerprint density at radius 1 is 0.370 bits per heavy atom. The van der Waals surface area contributed by atoms with Gasteiger partial charge < -0.3 is 14.2 Å². The third-order valence-electron chi connectivity index (χ3n) is 9.68. The monoisotopic (exact) mass is 757 g/mol. The van der Waals surface area contributed by atoms with Crippen molar-refractivity contribution < 1.29 is 28.6 Å². The minimum atomic E-state index is -0.775. The first-order valence-corrected chi connectivity index (χ1v) is 22.7. The number of hydrogen-bond donors (Lipinski definition) is 0. The molecular formula is C48H84O6. The molecule has 0 aliphatic rings. The summed E-state index contributed by atoms with van der Waals surface area (Å²) in [5.41, 5.74) is 0. The molecule has 0 fully saturated rings. The van der Waals surface area contributed by atoms with Crippen LogP contribution in [-0.2, 0) is 28.6 Å². The Balaban J connectivity index is 4.34. The molecule has 0 aliphatic carbocycles. The van der Waals surface area contributed by atoms with Crippen LogP contribution in [0.5, 0.6) is 0 Å². The summed E-state index contributed by atoms with van der Waals surface area (Å²) in [6, 6.07) is 0. The van der Waals surface area contributed by atoms with Crippen molar-refractivity contribution in [2.75, 3.05) is 13.2 Å². The van der Waals surface area contributed by atoms with E-state index in [2.05, 4.69) is 69.4 Å². The number of ether oxygens (including phenoxy) is 3. The summed E-state index contributed by atoms with van der Waals surface area (Å²) in [4.78, 5) is 37.6. The predicted octanol–water partition coefficient (Wildman–Crippen LogP) is 14.4. The Kier molecular flexibility index (Phi) is 41.0. The standard InChI is InChI=1S/C48H84O6/c1-4-7-10-13-16-19-20-21-22-23-24-25-26-27-30-32-35-38-41-47(50)53-44-45(54-48(51)42-39-36-33-29-18-15-12-9-6-3)43-52-46(49)40-37-34-31-28-17-14-11-8-5-2/h16,19-25,45H,4-15,17-18,26-44H2,1-3H3/b19-16-,21-20-,23-22-,25-24-. The van der Waals surface area contributed by atoms with Gasteiger partial charge in [-0.15, -0.1) is 0 Å². The molecule has 0 heterocycles. The van der Waals surface area contributed by atoms with Gasteiger partial charge in [-0.3, -0.25) is 14.4 Å². The average molecular weight is 757 g/mol. The molecule has 0 saturated heterocycles. The van der Waals surface area contributed by atoms with E-state index in [-0.39, 0.29) is 31.1 Å². The first-order valence-electron chi connectivity index (χ1n) is 22.7. The van der Waals surface area contributed by atoms with Gasteiger partial charge in [0.05, 0.1) is 0 Å². The summed E-state index contributed by atoms with van der Waals surface area (Å²) in [5, 5.41) is 0. The lowest BCUT2D eigenvalue weighted by molar-refractivity contribution is -0.167. The molecule has 0 spiro atoms. The second-order valence-electron chi connectivity index (χ2n) is 15.1. The van der Waals surface area contributed by atoms with Gasteiger partial charge in [0.15, 0.2) is 6.10 Å². The van der Waals surface area contributed by atoms with Crippen molar-refractivity contribution in [1.82, 2.24) is 0 Å². The van der Waals surface area contributed by atoms with Crippen LogP contribution in [0.25, 0.3) is 0 Å². The summed E-state index contributed by atoms with van der Waals surface area (Å²) in [5.74, 6) is -0.908. The van der Waals surface area contributed by atoms with Gasteiger partial charge in [-0.2, -0.15) is 0 Å². The molecular weight excluding hydrogens is 673 g/mol. The van der Waals surface area contributed by atoms with E-state index in [0.717, 1.165) is 83.5 Å². The third kappa shape index (κ3) is 40.6. The number of rotatable bonds is 40. The molecule has 6 nitrogen and oxygen atoms in total. The molecule has 6 heteroatoms.